The van der Waals surface area contributed by atoms with Crippen LogP contribution in [-0.4, -0.2) is 18.5 Å². The molecule has 88 valence electrons. The van der Waals surface area contributed by atoms with Gasteiger partial charge >= 0.3 is 0 Å². The summed E-state index contributed by atoms with van der Waals surface area (Å²) in [6.07, 6.45) is 0. The van der Waals surface area contributed by atoms with E-state index < -0.39 is 0 Å². The number of amides is 1. The van der Waals surface area contributed by atoms with Gasteiger partial charge in [-0.1, -0.05) is 29.8 Å². The summed E-state index contributed by atoms with van der Waals surface area (Å²) < 4.78 is 0. The molecule has 0 saturated carbocycles. The van der Waals surface area contributed by atoms with E-state index >= 15 is 0 Å². The maximum atomic E-state index is 11.3. The van der Waals surface area contributed by atoms with Crippen LogP contribution >= 0.6 is 0 Å². The van der Waals surface area contributed by atoms with Gasteiger partial charge in [-0.05, 0) is 26.3 Å². The molecular formula is C13H20N2O. The van der Waals surface area contributed by atoms with Crippen LogP contribution in [0.5, 0.6) is 0 Å². The van der Waals surface area contributed by atoms with Crippen LogP contribution in [0.15, 0.2) is 24.3 Å². The Bertz CT molecular complexity index is 348. The van der Waals surface area contributed by atoms with Gasteiger partial charge in [-0.25, -0.2) is 0 Å². The normalized spacial score (nSPS) is 10.5. The quantitative estimate of drug-likeness (QED) is 0.791. The smallest absolute Gasteiger partial charge is 0.234 e. The summed E-state index contributed by atoms with van der Waals surface area (Å²) in [5, 5.41) is 5.96. The van der Waals surface area contributed by atoms with Crippen molar-refractivity contribution in [2.75, 3.05) is 6.54 Å². The van der Waals surface area contributed by atoms with Crippen molar-refractivity contribution in [1.29, 1.82) is 0 Å². The SMILES string of the molecule is Cc1cccc(CNCC(=O)NC(C)C)c1. The third kappa shape index (κ3) is 4.94. The van der Waals surface area contributed by atoms with Crippen LogP contribution in [0.3, 0.4) is 0 Å². The van der Waals surface area contributed by atoms with Gasteiger partial charge in [-0.3, -0.25) is 4.79 Å². The lowest BCUT2D eigenvalue weighted by atomic mass is 10.1. The van der Waals surface area contributed by atoms with Crippen molar-refractivity contribution in [1.82, 2.24) is 10.6 Å². The van der Waals surface area contributed by atoms with Gasteiger partial charge in [-0.2, -0.15) is 0 Å². The second-order valence-electron chi connectivity index (χ2n) is 4.31. The third-order valence-corrected chi connectivity index (χ3v) is 2.15. The van der Waals surface area contributed by atoms with Gasteiger partial charge in [-0.15, -0.1) is 0 Å². The van der Waals surface area contributed by atoms with Crippen LogP contribution < -0.4 is 10.6 Å². The first-order valence-electron chi connectivity index (χ1n) is 5.63. The van der Waals surface area contributed by atoms with E-state index in [2.05, 4.69) is 35.8 Å². The fraction of sp³-hybridized carbons (Fsp3) is 0.462. The number of rotatable bonds is 5. The van der Waals surface area contributed by atoms with E-state index in [1.165, 1.54) is 11.1 Å². The number of hydrogen-bond acceptors (Lipinski definition) is 2. The molecule has 3 heteroatoms. The molecule has 16 heavy (non-hydrogen) atoms. The largest absolute Gasteiger partial charge is 0.353 e. The van der Waals surface area contributed by atoms with Crippen LogP contribution in [0.2, 0.25) is 0 Å². The van der Waals surface area contributed by atoms with Gasteiger partial charge in [0.2, 0.25) is 5.91 Å². The summed E-state index contributed by atoms with van der Waals surface area (Å²) in [6.45, 7) is 7.07. The van der Waals surface area contributed by atoms with Crippen LogP contribution in [-0.2, 0) is 11.3 Å². The molecule has 0 bridgehead atoms. The first-order chi connectivity index (χ1) is 7.58. The molecule has 0 aliphatic heterocycles. The van der Waals surface area contributed by atoms with Gasteiger partial charge in [0.1, 0.15) is 0 Å². The molecule has 0 unspecified atom stereocenters. The van der Waals surface area contributed by atoms with E-state index in [0.717, 1.165) is 6.54 Å². The third-order valence-electron chi connectivity index (χ3n) is 2.15. The Labute approximate surface area is 97.2 Å². The van der Waals surface area contributed by atoms with Crippen LogP contribution in [0.25, 0.3) is 0 Å². The lowest BCUT2D eigenvalue weighted by molar-refractivity contribution is -0.120. The highest BCUT2D eigenvalue weighted by atomic mass is 16.1. The van der Waals surface area contributed by atoms with Crippen molar-refractivity contribution < 1.29 is 4.79 Å². The molecular weight excluding hydrogens is 200 g/mol. The predicted octanol–water partition coefficient (Wildman–Crippen LogP) is 1.61. The minimum Gasteiger partial charge on any atom is -0.353 e. The van der Waals surface area contributed by atoms with Crippen LogP contribution in [0.1, 0.15) is 25.0 Å². The highest BCUT2D eigenvalue weighted by Crippen LogP contribution is 2.02. The van der Waals surface area contributed by atoms with Crippen LogP contribution in [0, 0.1) is 6.92 Å². The van der Waals surface area contributed by atoms with Crippen molar-refractivity contribution in [3.63, 3.8) is 0 Å². The van der Waals surface area contributed by atoms with Crippen molar-refractivity contribution in [3.05, 3.63) is 35.4 Å². The summed E-state index contributed by atoms with van der Waals surface area (Å²) in [4.78, 5) is 11.3. The Morgan fingerprint density at radius 2 is 2.12 bits per heavy atom. The number of aryl methyl sites for hydroxylation is 1. The zero-order valence-corrected chi connectivity index (χ0v) is 10.2. The lowest BCUT2D eigenvalue weighted by Gasteiger charge is -2.09. The fourth-order valence-electron chi connectivity index (χ4n) is 1.52. The van der Waals surface area contributed by atoms with E-state index in [4.69, 9.17) is 0 Å². The number of nitrogens with one attached hydrogen (secondary N) is 2. The van der Waals surface area contributed by atoms with Crippen molar-refractivity contribution in [2.45, 2.75) is 33.4 Å². The predicted molar refractivity (Wildman–Crippen MR) is 66.2 cm³/mol. The minimum absolute atomic E-state index is 0.0441. The summed E-state index contributed by atoms with van der Waals surface area (Å²) in [5.41, 5.74) is 2.45. The molecule has 0 fully saturated rings. The summed E-state index contributed by atoms with van der Waals surface area (Å²) in [6, 6.07) is 8.47. The highest BCUT2D eigenvalue weighted by molar-refractivity contribution is 5.78. The van der Waals surface area contributed by atoms with E-state index in [9.17, 15) is 4.79 Å². The van der Waals surface area contributed by atoms with E-state index in [0.29, 0.717) is 6.54 Å². The molecule has 1 amide bonds. The Balaban J connectivity index is 2.28. The zero-order chi connectivity index (χ0) is 12.0. The van der Waals surface area contributed by atoms with Gasteiger partial charge in [0.05, 0.1) is 6.54 Å². The number of benzene rings is 1. The van der Waals surface area contributed by atoms with Gasteiger partial charge in [0.15, 0.2) is 0 Å². The Kier molecular flexibility index (Phi) is 4.99. The molecule has 0 heterocycles. The van der Waals surface area contributed by atoms with Crippen LogP contribution in [0.4, 0.5) is 0 Å². The first kappa shape index (κ1) is 12.7. The van der Waals surface area contributed by atoms with E-state index in [-0.39, 0.29) is 11.9 Å². The molecule has 0 aliphatic carbocycles. The molecule has 0 aromatic heterocycles. The van der Waals surface area contributed by atoms with E-state index in [1.54, 1.807) is 0 Å². The molecule has 2 N–H and O–H groups in total. The summed E-state index contributed by atoms with van der Waals surface area (Å²) >= 11 is 0. The Morgan fingerprint density at radius 1 is 1.38 bits per heavy atom. The van der Waals surface area contributed by atoms with Gasteiger partial charge in [0.25, 0.3) is 0 Å². The first-order valence-corrected chi connectivity index (χ1v) is 5.63. The minimum atomic E-state index is 0.0441. The molecule has 0 radical (unpaired) electrons. The monoisotopic (exact) mass is 220 g/mol. The molecule has 1 aromatic rings. The second-order valence-corrected chi connectivity index (χ2v) is 4.31. The molecule has 0 aliphatic rings. The molecule has 0 spiro atoms. The lowest BCUT2D eigenvalue weighted by Crippen LogP contribution is -2.37. The molecule has 0 atom stereocenters. The van der Waals surface area contributed by atoms with Gasteiger partial charge in [0, 0.05) is 12.6 Å². The standard InChI is InChI=1S/C13H20N2O/c1-10(2)15-13(16)9-14-8-12-6-4-5-11(3)7-12/h4-7,10,14H,8-9H2,1-3H3,(H,15,16). The number of hydrogen-bond donors (Lipinski definition) is 2. The maximum absolute atomic E-state index is 11.3. The summed E-state index contributed by atoms with van der Waals surface area (Å²) in [5.74, 6) is 0.0441. The topological polar surface area (TPSA) is 41.1 Å². The summed E-state index contributed by atoms with van der Waals surface area (Å²) in [7, 11) is 0. The second kappa shape index (κ2) is 6.28. The van der Waals surface area contributed by atoms with E-state index in [1.807, 2.05) is 19.9 Å². The zero-order valence-electron chi connectivity index (χ0n) is 10.2. The molecule has 0 saturated heterocycles. The molecule has 3 nitrogen and oxygen atoms in total. The van der Waals surface area contributed by atoms with Crippen molar-refractivity contribution in [2.24, 2.45) is 0 Å². The average molecular weight is 220 g/mol. The fourth-order valence-corrected chi connectivity index (χ4v) is 1.52. The van der Waals surface area contributed by atoms with Crippen molar-refractivity contribution in [3.8, 4) is 0 Å². The molecule has 1 aromatic carbocycles. The Hall–Kier alpha value is -1.35. The average Bonchev–Trinajstić information content (AvgIpc) is 2.16. The van der Waals surface area contributed by atoms with Crippen molar-refractivity contribution >= 4 is 5.91 Å². The number of carbonyl (C=O) groups is 1. The van der Waals surface area contributed by atoms with Gasteiger partial charge < -0.3 is 10.6 Å². The molecule has 1 rings (SSSR count). The maximum Gasteiger partial charge on any atom is 0.234 e. The Morgan fingerprint density at radius 3 is 2.75 bits per heavy atom. The highest BCUT2D eigenvalue weighted by Gasteiger charge is 2.01. The number of carbonyl (C=O) groups excluding carboxylic acids is 1.